The topological polar surface area (TPSA) is 30.8 Å². The third kappa shape index (κ3) is 2.54. The second kappa shape index (κ2) is 5.94. The first-order chi connectivity index (χ1) is 11.3. The van der Waals surface area contributed by atoms with Crippen molar-refractivity contribution in [1.82, 2.24) is 0 Å². The van der Waals surface area contributed by atoms with E-state index in [2.05, 4.69) is 65.0 Å². The molecule has 1 aromatic carbocycles. The Morgan fingerprint density at radius 1 is 1.29 bits per heavy atom. The van der Waals surface area contributed by atoms with Crippen molar-refractivity contribution in [3.8, 4) is 0 Å². The van der Waals surface area contributed by atoms with E-state index < -0.39 is 0 Å². The fourth-order valence-corrected chi connectivity index (χ4v) is 4.15. The molecule has 3 heteroatoms. The lowest BCUT2D eigenvalue weighted by Crippen LogP contribution is -2.42. The van der Waals surface area contributed by atoms with E-state index in [1.807, 2.05) is 0 Å². The summed E-state index contributed by atoms with van der Waals surface area (Å²) < 4.78 is 12.0. The highest BCUT2D eigenvalue weighted by molar-refractivity contribution is 5.90. The van der Waals surface area contributed by atoms with Crippen molar-refractivity contribution < 1.29 is 9.47 Å². The van der Waals surface area contributed by atoms with Gasteiger partial charge in [0, 0.05) is 5.92 Å². The second-order valence-electron chi connectivity index (χ2n) is 7.93. The summed E-state index contributed by atoms with van der Waals surface area (Å²) >= 11 is 0. The molecule has 3 rings (SSSR count). The Labute approximate surface area is 145 Å². The Morgan fingerprint density at radius 3 is 2.58 bits per heavy atom. The van der Waals surface area contributed by atoms with Crippen LogP contribution in [0.5, 0.6) is 0 Å². The molecule has 1 unspecified atom stereocenters. The molecule has 0 spiro atoms. The fourth-order valence-electron chi connectivity index (χ4n) is 4.15. The first kappa shape index (κ1) is 17.1. The number of fused-ring (bicyclic) bond motifs is 1. The van der Waals surface area contributed by atoms with Crippen LogP contribution < -0.4 is 0 Å². The Hall–Kier alpha value is -1.77. The third-order valence-corrected chi connectivity index (χ3v) is 5.60. The van der Waals surface area contributed by atoms with E-state index in [0.717, 1.165) is 18.1 Å². The summed E-state index contributed by atoms with van der Waals surface area (Å²) in [7, 11) is 1.76. The van der Waals surface area contributed by atoms with Crippen LogP contribution in [0.2, 0.25) is 0 Å². The van der Waals surface area contributed by atoms with Crippen molar-refractivity contribution in [2.75, 3.05) is 13.7 Å². The van der Waals surface area contributed by atoms with Gasteiger partial charge in [-0.3, -0.25) is 0 Å². The molecule has 0 saturated heterocycles. The molecule has 1 heterocycles. The van der Waals surface area contributed by atoms with E-state index in [4.69, 9.17) is 14.5 Å². The molecule has 0 saturated carbocycles. The number of hydrogen-bond donors (Lipinski definition) is 0. The highest BCUT2D eigenvalue weighted by atomic mass is 16.5. The quantitative estimate of drug-likeness (QED) is 0.776. The summed E-state index contributed by atoms with van der Waals surface area (Å²) in [6, 6.07) is 8.63. The predicted molar refractivity (Wildman–Crippen MR) is 99.2 cm³/mol. The first-order valence-electron chi connectivity index (χ1n) is 8.91. The highest BCUT2D eigenvalue weighted by Crippen LogP contribution is 2.54. The smallest absolute Gasteiger partial charge is 0.198 e. The van der Waals surface area contributed by atoms with Crippen LogP contribution in [0.4, 0.5) is 0 Å². The summed E-state index contributed by atoms with van der Waals surface area (Å²) in [6.45, 7) is 11.7. The van der Waals surface area contributed by atoms with Gasteiger partial charge < -0.3 is 9.47 Å². The van der Waals surface area contributed by atoms with Gasteiger partial charge in [0.15, 0.2) is 5.90 Å². The van der Waals surface area contributed by atoms with Crippen molar-refractivity contribution in [1.29, 1.82) is 0 Å². The Balaban J connectivity index is 2.22. The van der Waals surface area contributed by atoms with Crippen LogP contribution >= 0.6 is 0 Å². The minimum atomic E-state index is -0.369. The van der Waals surface area contributed by atoms with Crippen LogP contribution in [0, 0.1) is 11.3 Å². The van der Waals surface area contributed by atoms with Crippen molar-refractivity contribution in [3.05, 3.63) is 41.2 Å². The van der Waals surface area contributed by atoms with Gasteiger partial charge >= 0.3 is 0 Å². The third-order valence-electron chi connectivity index (χ3n) is 5.60. The van der Waals surface area contributed by atoms with Crippen molar-refractivity contribution >= 4 is 12.0 Å². The monoisotopic (exact) mass is 327 g/mol. The maximum Gasteiger partial charge on any atom is 0.198 e. The van der Waals surface area contributed by atoms with Crippen LogP contribution in [-0.2, 0) is 9.47 Å². The number of aliphatic imine (C=N–C) groups is 1. The maximum absolute atomic E-state index is 6.11. The first-order valence-corrected chi connectivity index (χ1v) is 8.91. The number of ether oxygens (including phenoxy) is 2. The van der Waals surface area contributed by atoms with Crippen molar-refractivity contribution in [2.24, 2.45) is 16.3 Å². The molecule has 2 aliphatic rings. The summed E-state index contributed by atoms with van der Waals surface area (Å²) in [5, 5.41) is 0. The summed E-state index contributed by atoms with van der Waals surface area (Å²) in [6.07, 6.45) is 3.26. The van der Waals surface area contributed by atoms with E-state index in [-0.39, 0.29) is 16.9 Å². The lowest BCUT2D eigenvalue weighted by atomic mass is 9.62. The molecule has 130 valence electrons. The summed E-state index contributed by atoms with van der Waals surface area (Å²) in [5.74, 6) is 2.54. The SMILES string of the molecule is CCC(C)[C@@H]1c2ccccc2C=C(OC)[C@]1(C)C1=NC(C)(C)CO1. The molecule has 1 aromatic rings. The largest absolute Gasteiger partial charge is 0.500 e. The van der Waals surface area contributed by atoms with Gasteiger partial charge in [0.2, 0.25) is 0 Å². The fraction of sp³-hybridized carbons (Fsp3) is 0.571. The minimum Gasteiger partial charge on any atom is -0.500 e. The number of methoxy groups -OCH3 is 1. The average Bonchev–Trinajstić information content (AvgIpc) is 2.94. The van der Waals surface area contributed by atoms with Crippen LogP contribution in [0.15, 0.2) is 35.0 Å². The highest BCUT2D eigenvalue weighted by Gasteiger charge is 2.52. The van der Waals surface area contributed by atoms with Crippen LogP contribution in [0.3, 0.4) is 0 Å². The van der Waals surface area contributed by atoms with E-state index in [1.54, 1.807) is 7.11 Å². The molecule has 1 aliphatic heterocycles. The molecule has 1 aliphatic carbocycles. The molecule has 0 N–H and O–H groups in total. The van der Waals surface area contributed by atoms with E-state index in [9.17, 15) is 0 Å². The number of benzene rings is 1. The summed E-state index contributed by atoms with van der Waals surface area (Å²) in [4.78, 5) is 4.93. The zero-order valence-corrected chi connectivity index (χ0v) is 15.7. The zero-order valence-electron chi connectivity index (χ0n) is 15.7. The molecular weight excluding hydrogens is 298 g/mol. The average molecular weight is 327 g/mol. The number of nitrogens with zero attached hydrogens (tertiary/aromatic N) is 1. The van der Waals surface area contributed by atoms with Gasteiger partial charge in [0.05, 0.1) is 12.6 Å². The van der Waals surface area contributed by atoms with Crippen molar-refractivity contribution in [2.45, 2.75) is 52.5 Å². The Bertz CT molecular complexity index is 689. The number of hydrogen-bond acceptors (Lipinski definition) is 3. The predicted octanol–water partition coefficient (Wildman–Crippen LogP) is 5.03. The molecule has 0 fully saturated rings. The maximum atomic E-state index is 6.11. The van der Waals surface area contributed by atoms with Crippen LogP contribution in [0.1, 0.15) is 58.1 Å². The minimum absolute atomic E-state index is 0.172. The molecule has 3 atom stereocenters. The molecule has 0 bridgehead atoms. The lowest BCUT2D eigenvalue weighted by Gasteiger charge is -2.44. The molecule has 24 heavy (non-hydrogen) atoms. The van der Waals surface area contributed by atoms with Gasteiger partial charge in [-0.2, -0.15) is 0 Å². The van der Waals surface area contributed by atoms with Gasteiger partial charge in [-0.15, -0.1) is 0 Å². The molecular formula is C21H29NO2. The lowest BCUT2D eigenvalue weighted by molar-refractivity contribution is 0.151. The molecule has 0 aromatic heterocycles. The van der Waals surface area contributed by atoms with Crippen LogP contribution in [-0.4, -0.2) is 25.2 Å². The Kier molecular flexibility index (Phi) is 4.23. The van der Waals surface area contributed by atoms with Gasteiger partial charge in [-0.05, 0) is 43.9 Å². The standard InChI is InChI=1S/C21H29NO2/c1-7-14(2)18-16-11-9-8-10-15(16)12-17(23-6)21(18,5)19-22-20(3,4)13-24-19/h8-12,14,18H,7,13H2,1-6H3/t14?,18-,21+/m1/s1. The second-order valence-corrected chi connectivity index (χ2v) is 7.93. The zero-order chi connectivity index (χ0) is 17.5. The molecule has 0 amide bonds. The van der Waals surface area contributed by atoms with E-state index in [1.165, 1.54) is 11.1 Å². The van der Waals surface area contributed by atoms with Crippen molar-refractivity contribution in [3.63, 3.8) is 0 Å². The van der Waals surface area contributed by atoms with E-state index in [0.29, 0.717) is 12.5 Å². The van der Waals surface area contributed by atoms with Crippen LogP contribution in [0.25, 0.3) is 6.08 Å². The van der Waals surface area contributed by atoms with Gasteiger partial charge in [0.25, 0.3) is 0 Å². The van der Waals surface area contributed by atoms with Gasteiger partial charge in [-0.1, -0.05) is 44.5 Å². The number of rotatable bonds is 4. The van der Waals surface area contributed by atoms with E-state index >= 15 is 0 Å². The Morgan fingerprint density at radius 2 is 2.00 bits per heavy atom. The normalized spacial score (nSPS) is 29.2. The summed E-state index contributed by atoms with van der Waals surface area (Å²) in [5.41, 5.74) is 2.07. The molecule has 3 nitrogen and oxygen atoms in total. The van der Waals surface area contributed by atoms with Gasteiger partial charge in [0.1, 0.15) is 17.8 Å². The molecule has 0 radical (unpaired) electrons. The van der Waals surface area contributed by atoms with Gasteiger partial charge in [-0.25, -0.2) is 4.99 Å².